The number of phenolic OH excluding ortho intramolecular Hbond substituents is 1. The number of hydrogen-bond acceptors (Lipinski definition) is 8. The van der Waals surface area contributed by atoms with E-state index in [0.29, 0.717) is 24.3 Å². The predicted octanol–water partition coefficient (Wildman–Crippen LogP) is 2.87. The van der Waals surface area contributed by atoms with Crippen LogP contribution in [0.3, 0.4) is 0 Å². The summed E-state index contributed by atoms with van der Waals surface area (Å²) in [7, 11) is 3.50. The summed E-state index contributed by atoms with van der Waals surface area (Å²) in [5, 5.41) is 45.1. The van der Waals surface area contributed by atoms with Crippen molar-refractivity contribution in [2.24, 2.45) is 29.4 Å². The lowest BCUT2D eigenvalue weighted by Gasteiger charge is -2.52. The maximum Gasteiger partial charge on any atom is 0.251 e. The maximum absolute atomic E-state index is 14.2. The van der Waals surface area contributed by atoms with Crippen LogP contribution in [-0.2, 0) is 16.0 Å². The third-order valence-corrected chi connectivity index (χ3v) is 9.72. The van der Waals surface area contributed by atoms with Crippen LogP contribution in [0.1, 0.15) is 62.6 Å². The number of benzene rings is 1. The Morgan fingerprint density at radius 2 is 1.80 bits per heavy atom. The molecule has 9 heteroatoms. The average molecular weight is 554 g/mol. The van der Waals surface area contributed by atoms with Crippen molar-refractivity contribution in [2.45, 2.75) is 64.0 Å². The lowest BCUT2D eigenvalue weighted by Crippen LogP contribution is -2.61. The highest BCUT2D eigenvalue weighted by atomic mass is 16.3. The van der Waals surface area contributed by atoms with E-state index in [1.807, 2.05) is 6.07 Å². The smallest absolute Gasteiger partial charge is 0.251 e. The number of carbonyl (C=O) groups is 2. The molecule has 0 aromatic heterocycles. The normalized spacial score (nSPS) is 31.4. The zero-order chi connectivity index (χ0) is 29.3. The van der Waals surface area contributed by atoms with Gasteiger partial charge in [-0.3, -0.25) is 14.5 Å². The Bertz CT molecular complexity index is 1290. The second-order valence-electron chi connectivity index (χ2n) is 13.1. The second-order valence-corrected chi connectivity index (χ2v) is 13.1. The van der Waals surface area contributed by atoms with Crippen molar-refractivity contribution >= 4 is 17.4 Å². The highest BCUT2D eigenvalue weighted by Gasteiger charge is 2.60. The van der Waals surface area contributed by atoms with Crippen molar-refractivity contribution in [3.63, 3.8) is 0 Å². The van der Waals surface area contributed by atoms with E-state index >= 15 is 0 Å². The molecule has 1 aromatic carbocycles. The molecule has 218 valence electrons. The molecule has 1 saturated carbocycles. The predicted molar refractivity (Wildman–Crippen MR) is 152 cm³/mol. The number of primary amides is 1. The van der Waals surface area contributed by atoms with Gasteiger partial charge in [-0.2, -0.15) is 0 Å². The Morgan fingerprint density at radius 3 is 2.38 bits per heavy atom. The first-order valence-electron chi connectivity index (χ1n) is 14.4. The highest BCUT2D eigenvalue weighted by molar-refractivity contribution is 6.08. The molecular formula is C31H43N3O6. The van der Waals surface area contributed by atoms with Crippen molar-refractivity contribution in [2.75, 3.05) is 33.7 Å². The van der Waals surface area contributed by atoms with Crippen molar-refractivity contribution in [3.8, 4) is 5.75 Å². The first-order valence-corrected chi connectivity index (χ1v) is 14.4. The zero-order valence-electron chi connectivity index (χ0n) is 24.1. The molecule has 40 heavy (non-hydrogen) atoms. The van der Waals surface area contributed by atoms with E-state index in [-0.39, 0.29) is 40.2 Å². The number of likely N-dealkylation sites (N-methyl/N-ethyl adjacent to an activating group) is 1. The number of aliphatic hydroxyl groups is 3. The summed E-state index contributed by atoms with van der Waals surface area (Å²) in [6, 6.07) is 2.87. The molecule has 1 saturated heterocycles. The minimum Gasteiger partial charge on any atom is -0.510 e. The Kier molecular flexibility index (Phi) is 7.30. The number of ketones is 1. The summed E-state index contributed by atoms with van der Waals surface area (Å²) in [6.45, 7) is 8.83. The molecule has 1 heterocycles. The minimum atomic E-state index is -2.02. The molecule has 1 amide bonds. The number of allylic oxidation sites excluding steroid dienone is 1. The van der Waals surface area contributed by atoms with E-state index in [2.05, 4.69) is 18.7 Å². The third kappa shape index (κ3) is 4.43. The number of nitrogens with zero attached hydrogens (tertiary/aromatic N) is 2. The molecule has 0 bridgehead atoms. The van der Waals surface area contributed by atoms with E-state index in [1.54, 1.807) is 25.1 Å². The highest BCUT2D eigenvalue weighted by Crippen LogP contribution is 2.54. The topological polar surface area (TPSA) is 148 Å². The molecule has 6 N–H and O–H groups in total. The fourth-order valence-corrected chi connectivity index (χ4v) is 8.24. The fraction of sp³-hybridized carbons (Fsp3) is 0.613. The van der Waals surface area contributed by atoms with Gasteiger partial charge in [-0.25, -0.2) is 0 Å². The lowest BCUT2D eigenvalue weighted by molar-refractivity contribution is -0.139. The number of hydrogen-bond donors (Lipinski definition) is 5. The zero-order valence-corrected chi connectivity index (χ0v) is 24.1. The molecule has 0 spiro atoms. The van der Waals surface area contributed by atoms with Crippen LogP contribution in [-0.4, -0.2) is 87.3 Å². The molecule has 4 aliphatic rings. The van der Waals surface area contributed by atoms with Crippen LogP contribution in [0.2, 0.25) is 0 Å². The van der Waals surface area contributed by atoms with Crippen LogP contribution in [0.15, 0.2) is 29.0 Å². The lowest BCUT2D eigenvalue weighted by atomic mass is 9.55. The van der Waals surface area contributed by atoms with E-state index in [4.69, 9.17) is 5.73 Å². The van der Waals surface area contributed by atoms with Crippen LogP contribution in [0, 0.1) is 23.7 Å². The largest absolute Gasteiger partial charge is 0.510 e. The number of aromatic hydroxyl groups is 1. The number of Topliss-reactive ketones (excluding diaryl/α,β-unsaturated/α-hetero) is 1. The summed E-state index contributed by atoms with van der Waals surface area (Å²) in [4.78, 5) is 30.7. The SMILES string of the molecule is CC(C)CN1CCC(c2ccc(O)c3c2CC2CC4C(C(=O)C2=C3O)C(C)(O)C(C(N)=O)=C(O)[C@H]4N(C)C)CC1. The van der Waals surface area contributed by atoms with Gasteiger partial charge in [0, 0.05) is 12.1 Å². The van der Waals surface area contributed by atoms with Crippen LogP contribution in [0.25, 0.3) is 5.76 Å². The molecule has 4 unspecified atom stereocenters. The van der Waals surface area contributed by atoms with Gasteiger partial charge >= 0.3 is 0 Å². The van der Waals surface area contributed by atoms with Crippen molar-refractivity contribution < 1.29 is 30.0 Å². The Morgan fingerprint density at radius 1 is 1.15 bits per heavy atom. The number of fused-ring (bicyclic) bond motifs is 3. The third-order valence-electron chi connectivity index (χ3n) is 9.72. The minimum absolute atomic E-state index is 0.0775. The van der Waals surface area contributed by atoms with Crippen LogP contribution >= 0.6 is 0 Å². The Labute approximate surface area is 236 Å². The monoisotopic (exact) mass is 553 g/mol. The molecule has 5 atom stereocenters. The molecule has 1 aliphatic heterocycles. The van der Waals surface area contributed by atoms with Gasteiger partial charge in [0.15, 0.2) is 5.78 Å². The molecule has 5 rings (SSSR count). The Hall–Kier alpha value is -2.88. The first-order chi connectivity index (χ1) is 18.7. The summed E-state index contributed by atoms with van der Waals surface area (Å²) >= 11 is 0. The molecule has 0 radical (unpaired) electrons. The number of phenols is 1. The van der Waals surface area contributed by atoms with Crippen LogP contribution in [0.4, 0.5) is 0 Å². The number of aliphatic hydroxyl groups excluding tert-OH is 2. The Balaban J connectivity index is 1.57. The second kappa shape index (κ2) is 10.2. The van der Waals surface area contributed by atoms with Crippen LogP contribution in [0.5, 0.6) is 5.75 Å². The van der Waals surface area contributed by atoms with Gasteiger partial charge in [-0.05, 0) is 101 Å². The van der Waals surface area contributed by atoms with Crippen molar-refractivity contribution in [3.05, 3.63) is 45.7 Å². The van der Waals surface area contributed by atoms with Gasteiger partial charge in [0.25, 0.3) is 5.91 Å². The number of nitrogens with two attached hydrogens (primary N) is 1. The fourth-order valence-electron chi connectivity index (χ4n) is 8.24. The number of carbonyl (C=O) groups excluding carboxylic acids is 2. The first kappa shape index (κ1) is 28.6. The van der Waals surface area contributed by atoms with Gasteiger partial charge in [0.1, 0.15) is 22.9 Å². The van der Waals surface area contributed by atoms with E-state index in [0.717, 1.165) is 43.6 Å². The summed E-state index contributed by atoms with van der Waals surface area (Å²) in [6.07, 6.45) is 2.84. The van der Waals surface area contributed by atoms with Gasteiger partial charge < -0.3 is 31.1 Å². The molecule has 3 aliphatic carbocycles. The van der Waals surface area contributed by atoms with Gasteiger partial charge in [-0.15, -0.1) is 0 Å². The maximum atomic E-state index is 14.2. The van der Waals surface area contributed by atoms with Gasteiger partial charge in [-0.1, -0.05) is 19.9 Å². The van der Waals surface area contributed by atoms with Crippen molar-refractivity contribution in [1.82, 2.24) is 9.80 Å². The molecule has 9 nitrogen and oxygen atoms in total. The van der Waals surface area contributed by atoms with Crippen molar-refractivity contribution in [1.29, 1.82) is 0 Å². The molecule has 1 aromatic rings. The van der Waals surface area contributed by atoms with Crippen LogP contribution < -0.4 is 5.73 Å². The molecular weight excluding hydrogens is 510 g/mol. The van der Waals surface area contributed by atoms with Gasteiger partial charge in [0.2, 0.25) is 0 Å². The number of rotatable bonds is 5. The average Bonchev–Trinajstić information content (AvgIpc) is 2.83. The van der Waals surface area contributed by atoms with E-state index in [1.165, 1.54) is 6.92 Å². The summed E-state index contributed by atoms with van der Waals surface area (Å²) in [5.41, 5.74) is 5.65. The van der Waals surface area contributed by atoms with E-state index < -0.39 is 35.2 Å². The molecule has 2 fully saturated rings. The standard InChI is InChI=1S/C31H43N3O6/c1-15(2)14-34-10-8-16(9-11-34)18-6-7-21(35)23-19(18)12-17-13-20-24(28(37)22(17)27(23)36)31(3,40)25(30(32)39)29(38)26(20)33(4)5/h6-7,15-17,20,24,26,35-36,38,40H,8-14H2,1-5H3,(H2,32,39)/t17?,20?,24?,26-,31?/m0/s1. The number of amides is 1. The van der Waals surface area contributed by atoms with Gasteiger partial charge in [0.05, 0.1) is 23.1 Å². The summed E-state index contributed by atoms with van der Waals surface area (Å²) in [5.74, 6) is -3.17. The number of likely N-dealkylation sites (tertiary alicyclic amines) is 1. The quantitative estimate of drug-likeness (QED) is 0.374. The van der Waals surface area contributed by atoms with E-state index in [9.17, 15) is 30.0 Å². The summed E-state index contributed by atoms with van der Waals surface area (Å²) < 4.78 is 0. The number of piperidine rings is 1.